The molecule has 0 atom stereocenters. The van der Waals surface area contributed by atoms with E-state index >= 15 is 0 Å². The van der Waals surface area contributed by atoms with Gasteiger partial charge in [0, 0.05) is 12.4 Å². The molecule has 1 aromatic carbocycles. The number of nitrogens with zero attached hydrogens (tertiary/aromatic N) is 4. The smallest absolute Gasteiger partial charge is 0.258 e. The molecule has 1 amide bonds. The molecule has 130 valence electrons. The minimum Gasteiger partial charge on any atom is -0.306 e. The van der Waals surface area contributed by atoms with E-state index in [9.17, 15) is 9.18 Å². The molecule has 0 aliphatic rings. The van der Waals surface area contributed by atoms with E-state index in [1.807, 2.05) is 6.92 Å². The van der Waals surface area contributed by atoms with Crippen LogP contribution in [0.1, 0.15) is 21.6 Å². The minimum atomic E-state index is -0.283. The summed E-state index contributed by atoms with van der Waals surface area (Å²) < 4.78 is 14.8. The third-order valence-corrected chi connectivity index (χ3v) is 4.03. The topological polar surface area (TPSA) is 88.5 Å². The van der Waals surface area contributed by atoms with Gasteiger partial charge in [0.1, 0.15) is 11.6 Å². The van der Waals surface area contributed by atoms with Crippen molar-refractivity contribution < 1.29 is 9.18 Å². The van der Waals surface area contributed by atoms with E-state index in [0.29, 0.717) is 23.6 Å². The van der Waals surface area contributed by atoms with Crippen LogP contribution >= 0.6 is 0 Å². The predicted molar refractivity (Wildman–Crippen MR) is 94.3 cm³/mol. The van der Waals surface area contributed by atoms with Crippen molar-refractivity contribution in [3.8, 4) is 0 Å². The average Bonchev–Trinajstić information content (AvgIpc) is 3.20. The van der Waals surface area contributed by atoms with Gasteiger partial charge in [-0.3, -0.25) is 14.9 Å². The molecule has 0 fully saturated rings. The fraction of sp³-hybridized carbons (Fsp3) is 0.111. The highest BCUT2D eigenvalue weighted by Gasteiger charge is 2.18. The number of amides is 1. The van der Waals surface area contributed by atoms with Crippen molar-refractivity contribution in [2.75, 3.05) is 5.32 Å². The summed E-state index contributed by atoms with van der Waals surface area (Å²) in [5.41, 5.74) is 2.71. The van der Waals surface area contributed by atoms with Gasteiger partial charge in [-0.25, -0.2) is 9.07 Å². The Morgan fingerprint density at radius 2 is 2.08 bits per heavy atom. The maximum absolute atomic E-state index is 13.1. The van der Waals surface area contributed by atoms with Gasteiger partial charge in [-0.1, -0.05) is 12.1 Å². The number of halogens is 1. The lowest BCUT2D eigenvalue weighted by Gasteiger charge is -2.02. The number of aryl methyl sites for hydroxylation is 1. The van der Waals surface area contributed by atoms with E-state index in [0.717, 1.165) is 16.6 Å². The van der Waals surface area contributed by atoms with Gasteiger partial charge in [0.15, 0.2) is 5.65 Å². The number of rotatable bonds is 4. The van der Waals surface area contributed by atoms with Crippen LogP contribution < -0.4 is 5.32 Å². The first kappa shape index (κ1) is 15.9. The summed E-state index contributed by atoms with van der Waals surface area (Å²) in [5, 5.41) is 15.2. The average molecular weight is 350 g/mol. The molecule has 0 aliphatic heterocycles. The molecule has 4 rings (SSSR count). The summed E-state index contributed by atoms with van der Waals surface area (Å²) >= 11 is 0. The van der Waals surface area contributed by atoms with Crippen molar-refractivity contribution in [2.24, 2.45) is 0 Å². The molecule has 3 aromatic heterocycles. The highest BCUT2D eigenvalue weighted by Crippen LogP contribution is 2.25. The monoisotopic (exact) mass is 350 g/mol. The molecule has 8 heteroatoms. The van der Waals surface area contributed by atoms with Gasteiger partial charge in [0.25, 0.3) is 5.91 Å². The summed E-state index contributed by atoms with van der Waals surface area (Å²) in [6.07, 6.45) is 3.10. The molecule has 0 saturated carbocycles. The van der Waals surface area contributed by atoms with E-state index in [1.165, 1.54) is 18.3 Å². The maximum atomic E-state index is 13.1. The first-order chi connectivity index (χ1) is 12.6. The summed E-state index contributed by atoms with van der Waals surface area (Å²) in [4.78, 5) is 16.3. The number of pyridine rings is 1. The lowest BCUT2D eigenvalue weighted by Crippen LogP contribution is -2.12. The maximum Gasteiger partial charge on any atom is 0.258 e. The second-order valence-corrected chi connectivity index (χ2v) is 5.86. The van der Waals surface area contributed by atoms with Gasteiger partial charge >= 0.3 is 0 Å². The van der Waals surface area contributed by atoms with Crippen LogP contribution in [0, 0.1) is 12.7 Å². The van der Waals surface area contributed by atoms with Crippen molar-refractivity contribution in [3.05, 3.63) is 71.4 Å². The first-order valence-corrected chi connectivity index (χ1v) is 7.99. The van der Waals surface area contributed by atoms with Crippen LogP contribution in [0.15, 0.2) is 48.8 Å². The van der Waals surface area contributed by atoms with Crippen molar-refractivity contribution >= 4 is 22.8 Å². The predicted octanol–water partition coefficient (Wildman–Crippen LogP) is 2.90. The number of benzene rings is 1. The Morgan fingerprint density at radius 3 is 2.81 bits per heavy atom. The first-order valence-electron chi connectivity index (χ1n) is 7.99. The third-order valence-electron chi connectivity index (χ3n) is 4.03. The zero-order chi connectivity index (χ0) is 18.1. The second kappa shape index (κ2) is 6.40. The second-order valence-electron chi connectivity index (χ2n) is 5.86. The number of carbonyl (C=O) groups is 1. The van der Waals surface area contributed by atoms with Crippen LogP contribution in [-0.4, -0.2) is 30.9 Å². The quantitative estimate of drug-likeness (QED) is 0.592. The van der Waals surface area contributed by atoms with Gasteiger partial charge < -0.3 is 5.32 Å². The fourth-order valence-corrected chi connectivity index (χ4v) is 2.79. The van der Waals surface area contributed by atoms with Gasteiger partial charge in [-0.2, -0.15) is 10.2 Å². The zero-order valence-corrected chi connectivity index (χ0v) is 13.9. The highest BCUT2D eigenvalue weighted by molar-refractivity contribution is 6.07. The number of hydrogen-bond donors (Lipinski definition) is 2. The van der Waals surface area contributed by atoms with Gasteiger partial charge in [0.05, 0.1) is 23.2 Å². The van der Waals surface area contributed by atoms with E-state index in [1.54, 1.807) is 35.1 Å². The molecule has 2 N–H and O–H groups in total. The number of carbonyl (C=O) groups excluding carboxylic acids is 1. The van der Waals surface area contributed by atoms with Crippen molar-refractivity contribution in [1.29, 1.82) is 0 Å². The Morgan fingerprint density at radius 1 is 1.27 bits per heavy atom. The fourth-order valence-electron chi connectivity index (χ4n) is 2.79. The van der Waals surface area contributed by atoms with E-state index < -0.39 is 0 Å². The van der Waals surface area contributed by atoms with Crippen LogP contribution in [0.2, 0.25) is 0 Å². The lowest BCUT2D eigenvalue weighted by molar-refractivity contribution is 0.102. The number of fused-ring (bicyclic) bond motifs is 1. The molecule has 3 heterocycles. The molecule has 0 saturated heterocycles. The van der Waals surface area contributed by atoms with E-state index in [2.05, 4.69) is 25.6 Å². The van der Waals surface area contributed by atoms with Crippen LogP contribution in [0.4, 0.5) is 10.2 Å². The van der Waals surface area contributed by atoms with Crippen molar-refractivity contribution in [1.82, 2.24) is 25.0 Å². The summed E-state index contributed by atoms with van der Waals surface area (Å²) in [6, 6.07) is 9.61. The zero-order valence-electron chi connectivity index (χ0n) is 13.9. The molecular weight excluding hydrogens is 335 g/mol. The molecule has 0 spiro atoms. The summed E-state index contributed by atoms with van der Waals surface area (Å²) in [6.45, 7) is 2.30. The minimum absolute atomic E-state index is 0.282. The Kier molecular flexibility index (Phi) is 3.92. The van der Waals surface area contributed by atoms with Crippen LogP contribution in [0.25, 0.3) is 11.0 Å². The molecule has 7 nitrogen and oxygen atoms in total. The number of aromatic nitrogens is 5. The summed E-state index contributed by atoms with van der Waals surface area (Å²) in [7, 11) is 0. The van der Waals surface area contributed by atoms with Gasteiger partial charge in [-0.15, -0.1) is 0 Å². The normalized spacial score (nSPS) is 11.0. The Labute approximate surface area is 147 Å². The Balaban J connectivity index is 1.63. The van der Waals surface area contributed by atoms with Crippen LogP contribution in [0.3, 0.4) is 0 Å². The number of nitrogens with one attached hydrogen (secondary N) is 2. The molecule has 0 aliphatic carbocycles. The highest BCUT2D eigenvalue weighted by atomic mass is 19.1. The molecule has 4 aromatic rings. The Hall–Kier alpha value is -3.55. The number of hydrogen-bond acceptors (Lipinski definition) is 4. The standard InChI is InChI=1S/C18H15FN6O/c1-11-15-16(21-18(26)13-3-2-8-20-9-13)22-23-17(15)25(24-11)10-12-4-6-14(19)7-5-12/h2-9H,10H2,1H3,(H2,21,22,23,26). The van der Waals surface area contributed by atoms with Crippen LogP contribution in [-0.2, 0) is 6.54 Å². The largest absolute Gasteiger partial charge is 0.306 e. The van der Waals surface area contributed by atoms with Crippen molar-refractivity contribution in [3.63, 3.8) is 0 Å². The van der Waals surface area contributed by atoms with Gasteiger partial charge in [0.2, 0.25) is 0 Å². The van der Waals surface area contributed by atoms with E-state index in [-0.39, 0.29) is 11.7 Å². The molecular formula is C18H15FN6O. The molecule has 0 radical (unpaired) electrons. The number of H-pyrrole nitrogens is 1. The van der Waals surface area contributed by atoms with Gasteiger partial charge in [-0.05, 0) is 36.8 Å². The Bertz CT molecular complexity index is 1070. The SMILES string of the molecule is Cc1nn(Cc2ccc(F)cc2)c2n[nH]c(NC(=O)c3cccnc3)c12. The van der Waals surface area contributed by atoms with Crippen LogP contribution in [0.5, 0.6) is 0 Å². The van der Waals surface area contributed by atoms with Crippen molar-refractivity contribution in [2.45, 2.75) is 13.5 Å². The molecule has 26 heavy (non-hydrogen) atoms. The lowest BCUT2D eigenvalue weighted by atomic mass is 10.2. The summed E-state index contributed by atoms with van der Waals surface area (Å²) in [5.74, 6) is -0.0817. The third kappa shape index (κ3) is 2.92. The van der Waals surface area contributed by atoms with E-state index in [4.69, 9.17) is 0 Å². The number of anilines is 1. The molecule has 0 unspecified atom stereocenters. The molecule has 0 bridgehead atoms. The number of aromatic amines is 1.